The average molecular weight is 377 g/mol. The lowest BCUT2D eigenvalue weighted by molar-refractivity contribution is -0.126. The van der Waals surface area contributed by atoms with Crippen LogP contribution in [-0.4, -0.2) is 37.0 Å². The molecule has 6 heteroatoms. The van der Waals surface area contributed by atoms with Crippen molar-refractivity contribution in [1.29, 1.82) is 0 Å². The van der Waals surface area contributed by atoms with Crippen LogP contribution in [0.3, 0.4) is 0 Å². The van der Waals surface area contributed by atoms with Gasteiger partial charge in [-0.25, -0.2) is 0 Å². The number of ether oxygens (including phenoxy) is 1. The van der Waals surface area contributed by atoms with Crippen molar-refractivity contribution in [2.45, 2.75) is 12.8 Å². The number of carbonyl (C=O) groups excluding carboxylic acids is 2. The Morgan fingerprint density at radius 2 is 2.00 bits per heavy atom. The van der Waals surface area contributed by atoms with Gasteiger partial charge in [0, 0.05) is 36.6 Å². The Kier molecular flexibility index (Phi) is 5.02. The van der Waals surface area contributed by atoms with Gasteiger partial charge in [-0.3, -0.25) is 9.59 Å². The van der Waals surface area contributed by atoms with Gasteiger partial charge in [0.15, 0.2) is 0 Å². The highest BCUT2D eigenvalue weighted by Gasteiger charge is 2.36. The lowest BCUT2D eigenvalue weighted by atomic mass is 10.1. The van der Waals surface area contributed by atoms with Crippen LogP contribution in [0.1, 0.15) is 12.0 Å². The zero-order chi connectivity index (χ0) is 19.5. The van der Waals surface area contributed by atoms with Crippen molar-refractivity contribution in [3.8, 4) is 5.75 Å². The number of H-pyrrole nitrogens is 1. The number of rotatable bonds is 6. The molecule has 2 aromatic carbocycles. The molecule has 0 spiro atoms. The lowest BCUT2D eigenvalue weighted by Crippen LogP contribution is -2.34. The number of benzene rings is 2. The number of aromatic nitrogens is 1. The van der Waals surface area contributed by atoms with Gasteiger partial charge in [0.25, 0.3) is 0 Å². The number of hydrogen-bond acceptors (Lipinski definition) is 3. The second kappa shape index (κ2) is 7.76. The Hall–Kier alpha value is -3.28. The van der Waals surface area contributed by atoms with Crippen LogP contribution in [0.2, 0.25) is 0 Å². The van der Waals surface area contributed by atoms with Crippen LogP contribution in [0, 0.1) is 5.92 Å². The summed E-state index contributed by atoms with van der Waals surface area (Å²) in [6.45, 7) is 0.915. The molecule has 0 radical (unpaired) electrons. The van der Waals surface area contributed by atoms with Crippen LogP contribution in [-0.2, 0) is 16.0 Å². The molecule has 1 aliphatic heterocycles. The molecule has 1 atom stereocenters. The van der Waals surface area contributed by atoms with E-state index in [1.54, 1.807) is 12.0 Å². The summed E-state index contributed by atoms with van der Waals surface area (Å²) < 4.78 is 5.35. The number of hydrogen-bond donors (Lipinski definition) is 2. The van der Waals surface area contributed by atoms with E-state index < -0.39 is 0 Å². The van der Waals surface area contributed by atoms with Crippen LogP contribution in [0.25, 0.3) is 10.9 Å². The fourth-order valence-corrected chi connectivity index (χ4v) is 3.77. The van der Waals surface area contributed by atoms with E-state index in [1.165, 1.54) is 10.9 Å². The van der Waals surface area contributed by atoms with Gasteiger partial charge in [0.2, 0.25) is 11.8 Å². The minimum absolute atomic E-state index is 0.0544. The number of methoxy groups -OCH3 is 1. The highest BCUT2D eigenvalue weighted by molar-refractivity contribution is 6.01. The average Bonchev–Trinajstić information content (AvgIpc) is 3.31. The van der Waals surface area contributed by atoms with Crippen molar-refractivity contribution >= 4 is 28.4 Å². The monoisotopic (exact) mass is 377 g/mol. The highest BCUT2D eigenvalue weighted by atomic mass is 16.5. The standard InChI is InChI=1S/C22H23N3O3/c1-28-20-9-5-4-8-19(20)25-14-16(12-21(25)26)22(27)23-11-10-15-13-24-18-7-3-2-6-17(15)18/h2-9,13,16,24H,10-12,14H2,1H3,(H,23,27). The molecular formula is C22H23N3O3. The van der Waals surface area contributed by atoms with Gasteiger partial charge in [-0.2, -0.15) is 0 Å². The normalized spacial score (nSPS) is 16.5. The molecule has 0 aliphatic carbocycles. The molecular weight excluding hydrogens is 354 g/mol. The fraction of sp³-hybridized carbons (Fsp3) is 0.273. The molecule has 4 rings (SSSR count). The summed E-state index contributed by atoms with van der Waals surface area (Å²) in [5, 5.41) is 4.16. The minimum Gasteiger partial charge on any atom is -0.495 e. The minimum atomic E-state index is -0.347. The second-order valence-electron chi connectivity index (χ2n) is 6.98. The van der Waals surface area contributed by atoms with Crippen molar-refractivity contribution in [3.05, 3.63) is 60.3 Å². The summed E-state index contributed by atoms with van der Waals surface area (Å²) in [4.78, 5) is 29.9. The maximum absolute atomic E-state index is 12.6. The zero-order valence-corrected chi connectivity index (χ0v) is 15.8. The molecule has 1 aromatic heterocycles. The number of anilines is 1. The molecule has 6 nitrogen and oxygen atoms in total. The van der Waals surface area contributed by atoms with Crippen molar-refractivity contribution in [2.24, 2.45) is 5.92 Å². The first kappa shape index (κ1) is 18.1. The van der Waals surface area contributed by atoms with Crippen molar-refractivity contribution in [3.63, 3.8) is 0 Å². The number of amides is 2. The Labute approximate surface area is 163 Å². The topological polar surface area (TPSA) is 74.4 Å². The van der Waals surface area contributed by atoms with Crippen LogP contribution in [0.5, 0.6) is 5.75 Å². The number of para-hydroxylation sites is 3. The summed E-state index contributed by atoms with van der Waals surface area (Å²) in [5.41, 5.74) is 2.98. The largest absolute Gasteiger partial charge is 0.495 e. The number of nitrogens with zero attached hydrogens (tertiary/aromatic N) is 1. The Morgan fingerprint density at radius 3 is 2.86 bits per heavy atom. The van der Waals surface area contributed by atoms with Gasteiger partial charge in [0.1, 0.15) is 5.75 Å². The quantitative estimate of drug-likeness (QED) is 0.694. The van der Waals surface area contributed by atoms with Gasteiger partial charge >= 0.3 is 0 Å². The lowest BCUT2D eigenvalue weighted by Gasteiger charge is -2.19. The number of aromatic amines is 1. The second-order valence-corrected chi connectivity index (χ2v) is 6.98. The number of carbonyl (C=O) groups is 2. The molecule has 2 amide bonds. The Bertz CT molecular complexity index is 1010. The number of nitrogens with one attached hydrogen (secondary N) is 2. The maximum Gasteiger partial charge on any atom is 0.227 e. The molecule has 1 fully saturated rings. The van der Waals surface area contributed by atoms with E-state index in [2.05, 4.69) is 16.4 Å². The van der Waals surface area contributed by atoms with E-state index in [-0.39, 0.29) is 24.2 Å². The van der Waals surface area contributed by atoms with Gasteiger partial charge in [-0.1, -0.05) is 30.3 Å². The summed E-state index contributed by atoms with van der Waals surface area (Å²) in [6, 6.07) is 15.5. The highest BCUT2D eigenvalue weighted by Crippen LogP contribution is 2.32. The molecule has 0 saturated carbocycles. The van der Waals surface area contributed by atoms with E-state index in [0.717, 1.165) is 11.9 Å². The third-order valence-corrected chi connectivity index (χ3v) is 5.24. The van der Waals surface area contributed by atoms with E-state index >= 15 is 0 Å². The number of fused-ring (bicyclic) bond motifs is 1. The van der Waals surface area contributed by atoms with Crippen molar-refractivity contribution in [1.82, 2.24) is 10.3 Å². The molecule has 144 valence electrons. The predicted molar refractivity (Wildman–Crippen MR) is 108 cm³/mol. The third-order valence-electron chi connectivity index (χ3n) is 5.24. The van der Waals surface area contributed by atoms with Crippen molar-refractivity contribution < 1.29 is 14.3 Å². The first-order chi connectivity index (χ1) is 13.7. The third kappa shape index (κ3) is 3.45. The van der Waals surface area contributed by atoms with Gasteiger partial charge in [0.05, 0.1) is 18.7 Å². The summed E-state index contributed by atoms with van der Waals surface area (Å²) in [6.07, 6.45) is 2.95. The molecule has 1 aliphatic rings. The molecule has 0 bridgehead atoms. The zero-order valence-electron chi connectivity index (χ0n) is 15.8. The van der Waals surface area contributed by atoms with E-state index in [4.69, 9.17) is 4.74 Å². The van der Waals surface area contributed by atoms with Gasteiger partial charge in [-0.05, 0) is 30.2 Å². The van der Waals surface area contributed by atoms with Crippen LogP contribution in [0.15, 0.2) is 54.7 Å². The van der Waals surface area contributed by atoms with Gasteiger partial charge in [-0.15, -0.1) is 0 Å². The van der Waals surface area contributed by atoms with Crippen LogP contribution < -0.4 is 15.0 Å². The predicted octanol–water partition coefficient (Wildman–Crippen LogP) is 2.89. The molecule has 3 aromatic rings. The molecule has 2 N–H and O–H groups in total. The van der Waals surface area contributed by atoms with Gasteiger partial charge < -0.3 is 19.9 Å². The van der Waals surface area contributed by atoms with Crippen LogP contribution >= 0.6 is 0 Å². The summed E-state index contributed by atoms with van der Waals surface area (Å²) in [5.74, 6) is 0.156. The van der Waals surface area contributed by atoms with E-state index in [0.29, 0.717) is 24.5 Å². The Balaban J connectivity index is 1.36. The summed E-state index contributed by atoms with van der Waals surface area (Å²) >= 11 is 0. The fourth-order valence-electron chi connectivity index (χ4n) is 3.77. The molecule has 1 unspecified atom stereocenters. The first-order valence-electron chi connectivity index (χ1n) is 9.43. The van der Waals surface area contributed by atoms with Crippen molar-refractivity contribution in [2.75, 3.05) is 25.1 Å². The first-order valence-corrected chi connectivity index (χ1v) is 9.43. The van der Waals surface area contributed by atoms with Crippen LogP contribution in [0.4, 0.5) is 5.69 Å². The molecule has 2 heterocycles. The van der Waals surface area contributed by atoms with E-state index in [9.17, 15) is 9.59 Å². The smallest absolute Gasteiger partial charge is 0.227 e. The molecule has 28 heavy (non-hydrogen) atoms. The molecule has 1 saturated heterocycles. The van der Waals surface area contributed by atoms with E-state index in [1.807, 2.05) is 48.7 Å². The summed E-state index contributed by atoms with van der Waals surface area (Å²) in [7, 11) is 1.58. The maximum atomic E-state index is 12.6. The Morgan fingerprint density at radius 1 is 1.21 bits per heavy atom. The SMILES string of the molecule is COc1ccccc1N1CC(C(=O)NCCc2c[nH]c3ccccc23)CC1=O.